The molecule has 1 saturated heterocycles. The summed E-state index contributed by atoms with van der Waals surface area (Å²) in [5, 5.41) is 3.91. The molecule has 0 bridgehead atoms. The van der Waals surface area contributed by atoms with Gasteiger partial charge in [-0.25, -0.2) is 10.4 Å². The molecule has 0 aliphatic carbocycles. The molecule has 1 aliphatic heterocycles. The van der Waals surface area contributed by atoms with Crippen LogP contribution in [0.3, 0.4) is 0 Å². The van der Waals surface area contributed by atoms with Crippen LogP contribution in [0.15, 0.2) is 36.4 Å². The molecule has 0 saturated carbocycles. The van der Waals surface area contributed by atoms with Gasteiger partial charge in [0.2, 0.25) is 5.91 Å². The maximum absolute atomic E-state index is 12.0. The zero-order chi connectivity index (χ0) is 13.2. The molecule has 2 aromatic rings. The second kappa shape index (κ2) is 4.95. The van der Waals surface area contributed by atoms with E-state index in [1.54, 1.807) is 0 Å². The third kappa shape index (κ3) is 2.57. The van der Waals surface area contributed by atoms with Crippen LogP contribution >= 0.6 is 0 Å². The molecular formula is C14H16N4O. The first-order valence-corrected chi connectivity index (χ1v) is 6.40. The Kier molecular flexibility index (Phi) is 3.15. The molecule has 3 rings (SSSR count). The van der Waals surface area contributed by atoms with Gasteiger partial charge < -0.3 is 5.32 Å². The molecule has 1 amide bonds. The van der Waals surface area contributed by atoms with Crippen LogP contribution < -0.4 is 16.2 Å². The molecular weight excluding hydrogens is 240 g/mol. The van der Waals surface area contributed by atoms with E-state index in [-0.39, 0.29) is 11.9 Å². The molecule has 1 aliphatic rings. The highest BCUT2D eigenvalue weighted by molar-refractivity contribution is 5.95. The minimum Gasteiger partial charge on any atom is -0.309 e. The van der Waals surface area contributed by atoms with E-state index in [1.807, 2.05) is 43.3 Å². The summed E-state index contributed by atoms with van der Waals surface area (Å²) in [5.41, 5.74) is 6.89. The average Bonchev–Trinajstić information content (AvgIpc) is 2.85. The Morgan fingerprint density at radius 1 is 1.26 bits per heavy atom. The third-order valence-corrected chi connectivity index (χ3v) is 3.26. The summed E-state index contributed by atoms with van der Waals surface area (Å²) in [5.74, 6) is 0.532. The van der Waals surface area contributed by atoms with Crippen molar-refractivity contribution < 1.29 is 4.79 Å². The van der Waals surface area contributed by atoms with Crippen molar-refractivity contribution in [3.63, 3.8) is 0 Å². The van der Waals surface area contributed by atoms with Crippen molar-refractivity contribution in [2.45, 2.75) is 25.4 Å². The van der Waals surface area contributed by atoms with Gasteiger partial charge in [-0.15, -0.1) is 0 Å². The Morgan fingerprint density at radius 2 is 2.11 bits per heavy atom. The van der Waals surface area contributed by atoms with Crippen molar-refractivity contribution >= 4 is 22.6 Å². The quantitative estimate of drug-likeness (QED) is 0.760. The first-order chi connectivity index (χ1) is 9.22. The molecule has 1 aromatic carbocycles. The van der Waals surface area contributed by atoms with Gasteiger partial charge in [0.1, 0.15) is 11.9 Å². The zero-order valence-corrected chi connectivity index (χ0v) is 10.7. The summed E-state index contributed by atoms with van der Waals surface area (Å²) in [6.07, 6.45) is 0.777. The maximum Gasteiger partial charge on any atom is 0.244 e. The minimum atomic E-state index is -0.205. The van der Waals surface area contributed by atoms with Crippen LogP contribution in [-0.2, 0) is 4.79 Å². The van der Waals surface area contributed by atoms with Crippen LogP contribution in [0.5, 0.6) is 0 Å². The number of carbonyl (C=O) groups is 1. The van der Waals surface area contributed by atoms with E-state index in [2.05, 4.69) is 21.2 Å². The number of anilines is 1. The average molecular weight is 256 g/mol. The topological polar surface area (TPSA) is 66.0 Å². The van der Waals surface area contributed by atoms with Gasteiger partial charge in [0, 0.05) is 11.4 Å². The lowest BCUT2D eigenvalue weighted by Crippen LogP contribution is -2.40. The Labute approximate surface area is 111 Å². The van der Waals surface area contributed by atoms with Crippen LogP contribution in [0, 0.1) is 0 Å². The van der Waals surface area contributed by atoms with Gasteiger partial charge in [-0.1, -0.05) is 18.2 Å². The van der Waals surface area contributed by atoms with Gasteiger partial charge in [0.15, 0.2) is 0 Å². The van der Waals surface area contributed by atoms with Crippen LogP contribution in [0.2, 0.25) is 0 Å². The number of pyridine rings is 1. The summed E-state index contributed by atoms with van der Waals surface area (Å²) < 4.78 is 0. The number of amides is 1. The number of rotatable bonds is 2. The van der Waals surface area contributed by atoms with E-state index in [1.165, 1.54) is 0 Å². The summed E-state index contributed by atoms with van der Waals surface area (Å²) in [4.78, 5) is 16.5. The molecule has 1 aromatic heterocycles. The number of hydrogen-bond donors (Lipinski definition) is 3. The highest BCUT2D eigenvalue weighted by Gasteiger charge is 2.26. The number of hydrazine groups is 1. The first kappa shape index (κ1) is 12.1. The predicted molar refractivity (Wildman–Crippen MR) is 74.5 cm³/mol. The van der Waals surface area contributed by atoms with Crippen molar-refractivity contribution in [2.24, 2.45) is 0 Å². The molecule has 2 atom stereocenters. The van der Waals surface area contributed by atoms with Gasteiger partial charge in [0.25, 0.3) is 0 Å². The second-order valence-corrected chi connectivity index (χ2v) is 4.86. The highest BCUT2D eigenvalue weighted by Crippen LogP contribution is 2.15. The van der Waals surface area contributed by atoms with Gasteiger partial charge in [-0.2, -0.15) is 0 Å². The Bertz CT molecular complexity index is 613. The number of carbonyl (C=O) groups excluding carboxylic acids is 1. The fraction of sp³-hybridized carbons (Fsp3) is 0.286. The summed E-state index contributed by atoms with van der Waals surface area (Å²) in [7, 11) is 0. The van der Waals surface area contributed by atoms with Gasteiger partial charge in [0.05, 0.1) is 5.52 Å². The second-order valence-electron chi connectivity index (χ2n) is 4.86. The third-order valence-electron chi connectivity index (χ3n) is 3.26. The van der Waals surface area contributed by atoms with Crippen molar-refractivity contribution in [3.05, 3.63) is 36.4 Å². The van der Waals surface area contributed by atoms with Crippen LogP contribution in [0.25, 0.3) is 10.9 Å². The highest BCUT2D eigenvalue weighted by atomic mass is 16.2. The monoisotopic (exact) mass is 256 g/mol. The molecule has 19 heavy (non-hydrogen) atoms. The normalized spacial score (nSPS) is 22.6. The van der Waals surface area contributed by atoms with Crippen LogP contribution in [0.4, 0.5) is 5.82 Å². The SMILES string of the molecule is CC1CC(C(=O)Nc2ccc3ccccc3n2)NN1. The Hall–Kier alpha value is -1.98. The summed E-state index contributed by atoms with van der Waals surface area (Å²) in [6.45, 7) is 2.04. The van der Waals surface area contributed by atoms with Crippen LogP contribution in [0.1, 0.15) is 13.3 Å². The largest absolute Gasteiger partial charge is 0.309 e. The number of fused-ring (bicyclic) bond motifs is 1. The van der Waals surface area contributed by atoms with Crippen molar-refractivity contribution in [1.29, 1.82) is 0 Å². The van der Waals surface area contributed by atoms with E-state index in [4.69, 9.17) is 0 Å². The van der Waals surface area contributed by atoms with E-state index in [0.717, 1.165) is 17.3 Å². The van der Waals surface area contributed by atoms with E-state index < -0.39 is 0 Å². The Balaban J connectivity index is 1.76. The number of nitrogens with one attached hydrogen (secondary N) is 3. The summed E-state index contributed by atoms with van der Waals surface area (Å²) in [6, 6.07) is 11.7. The molecule has 2 heterocycles. The van der Waals surface area contributed by atoms with Crippen molar-refractivity contribution in [2.75, 3.05) is 5.32 Å². The summed E-state index contributed by atoms with van der Waals surface area (Å²) >= 11 is 0. The molecule has 3 N–H and O–H groups in total. The lowest BCUT2D eigenvalue weighted by Gasteiger charge is -2.10. The molecule has 2 unspecified atom stereocenters. The Morgan fingerprint density at radius 3 is 2.89 bits per heavy atom. The van der Waals surface area contributed by atoms with Gasteiger partial charge in [-0.05, 0) is 31.5 Å². The number of hydrogen-bond acceptors (Lipinski definition) is 4. The van der Waals surface area contributed by atoms with Crippen molar-refractivity contribution in [1.82, 2.24) is 15.8 Å². The van der Waals surface area contributed by atoms with Gasteiger partial charge >= 0.3 is 0 Å². The predicted octanol–water partition coefficient (Wildman–Crippen LogP) is 1.43. The first-order valence-electron chi connectivity index (χ1n) is 6.40. The molecule has 98 valence electrons. The smallest absolute Gasteiger partial charge is 0.244 e. The zero-order valence-electron chi connectivity index (χ0n) is 10.7. The molecule has 5 heteroatoms. The maximum atomic E-state index is 12.0. The molecule has 5 nitrogen and oxygen atoms in total. The number of nitrogens with zero attached hydrogens (tertiary/aromatic N) is 1. The number of benzene rings is 1. The van der Waals surface area contributed by atoms with Gasteiger partial charge in [-0.3, -0.25) is 10.2 Å². The van der Waals surface area contributed by atoms with Crippen LogP contribution in [-0.4, -0.2) is 23.0 Å². The fourth-order valence-electron chi connectivity index (χ4n) is 2.24. The number of para-hydroxylation sites is 1. The molecule has 0 spiro atoms. The van der Waals surface area contributed by atoms with E-state index in [9.17, 15) is 4.79 Å². The fourth-order valence-corrected chi connectivity index (χ4v) is 2.24. The minimum absolute atomic E-state index is 0.0559. The van der Waals surface area contributed by atoms with E-state index in [0.29, 0.717) is 11.9 Å². The molecule has 0 radical (unpaired) electrons. The van der Waals surface area contributed by atoms with E-state index >= 15 is 0 Å². The lowest BCUT2D eigenvalue weighted by atomic mass is 10.1. The number of aromatic nitrogens is 1. The lowest BCUT2D eigenvalue weighted by molar-refractivity contribution is -0.117. The molecule has 1 fully saturated rings. The van der Waals surface area contributed by atoms with Crippen molar-refractivity contribution in [3.8, 4) is 0 Å². The standard InChI is InChI=1S/C14H16N4O/c1-9-8-12(18-17-9)14(19)16-13-7-6-10-4-2-3-5-11(10)15-13/h2-7,9,12,17-18H,8H2,1H3,(H,15,16,19).